The Hall–Kier alpha value is -1.12. The SMILES string of the molecule is CC(CC(C)C)=C1CC(=O)NC1=O. The minimum atomic E-state index is -0.205. The van der Waals surface area contributed by atoms with Crippen LogP contribution in [0.3, 0.4) is 0 Å². The maximum absolute atomic E-state index is 11.2. The second-order valence-electron chi connectivity index (χ2n) is 3.91. The van der Waals surface area contributed by atoms with Crippen LogP contribution in [0, 0.1) is 5.92 Å². The van der Waals surface area contributed by atoms with Crippen molar-refractivity contribution in [3.05, 3.63) is 11.1 Å². The molecule has 0 aromatic rings. The first-order valence-electron chi connectivity index (χ1n) is 4.53. The number of nitrogens with one attached hydrogen (secondary N) is 1. The normalized spacial score (nSPS) is 20.9. The highest BCUT2D eigenvalue weighted by atomic mass is 16.2. The molecule has 1 fully saturated rings. The van der Waals surface area contributed by atoms with Crippen LogP contribution < -0.4 is 5.32 Å². The average molecular weight is 181 g/mol. The largest absolute Gasteiger partial charge is 0.292 e. The van der Waals surface area contributed by atoms with E-state index in [2.05, 4.69) is 19.2 Å². The molecule has 13 heavy (non-hydrogen) atoms. The summed E-state index contributed by atoms with van der Waals surface area (Å²) in [6.07, 6.45) is 1.15. The van der Waals surface area contributed by atoms with Crippen LogP contribution in [-0.2, 0) is 9.59 Å². The molecule has 0 radical (unpaired) electrons. The highest BCUT2D eigenvalue weighted by molar-refractivity contribution is 6.13. The van der Waals surface area contributed by atoms with Gasteiger partial charge in [0.2, 0.25) is 5.91 Å². The molecule has 0 aromatic heterocycles. The number of carbonyl (C=O) groups excluding carboxylic acids is 2. The Labute approximate surface area is 78.2 Å². The van der Waals surface area contributed by atoms with Gasteiger partial charge in [0, 0.05) is 5.57 Å². The molecule has 1 rings (SSSR count). The lowest BCUT2D eigenvalue weighted by Gasteiger charge is -2.06. The predicted molar refractivity (Wildman–Crippen MR) is 49.9 cm³/mol. The third-order valence-electron chi connectivity index (χ3n) is 2.09. The van der Waals surface area contributed by atoms with Crippen molar-refractivity contribution in [1.82, 2.24) is 5.32 Å². The number of rotatable bonds is 2. The van der Waals surface area contributed by atoms with Gasteiger partial charge in [-0.2, -0.15) is 0 Å². The average Bonchev–Trinajstić information content (AvgIpc) is 2.28. The first-order valence-corrected chi connectivity index (χ1v) is 4.53. The second-order valence-corrected chi connectivity index (χ2v) is 3.91. The molecule has 1 aliphatic rings. The molecule has 1 aliphatic heterocycles. The molecule has 0 aliphatic carbocycles. The third-order valence-corrected chi connectivity index (χ3v) is 2.09. The zero-order valence-corrected chi connectivity index (χ0v) is 8.31. The molecule has 0 aromatic carbocycles. The van der Waals surface area contributed by atoms with Crippen LogP contribution in [-0.4, -0.2) is 11.8 Å². The Morgan fingerprint density at radius 1 is 1.46 bits per heavy atom. The fourth-order valence-electron chi connectivity index (χ4n) is 1.57. The molecule has 1 heterocycles. The van der Waals surface area contributed by atoms with E-state index in [4.69, 9.17) is 0 Å². The van der Waals surface area contributed by atoms with Crippen molar-refractivity contribution in [2.24, 2.45) is 5.92 Å². The number of hydrogen-bond acceptors (Lipinski definition) is 2. The van der Waals surface area contributed by atoms with Crippen molar-refractivity contribution >= 4 is 11.8 Å². The molecule has 1 saturated heterocycles. The first-order chi connectivity index (χ1) is 6.00. The molecule has 0 atom stereocenters. The number of allylic oxidation sites excluding steroid dienone is 1. The van der Waals surface area contributed by atoms with Crippen molar-refractivity contribution in [2.75, 3.05) is 0 Å². The van der Waals surface area contributed by atoms with Crippen LogP contribution in [0.1, 0.15) is 33.6 Å². The van der Waals surface area contributed by atoms with E-state index < -0.39 is 0 Å². The highest BCUT2D eigenvalue weighted by Gasteiger charge is 2.25. The monoisotopic (exact) mass is 181 g/mol. The van der Waals surface area contributed by atoms with Crippen LogP contribution in [0.5, 0.6) is 0 Å². The fraction of sp³-hybridized carbons (Fsp3) is 0.600. The van der Waals surface area contributed by atoms with Crippen LogP contribution >= 0.6 is 0 Å². The van der Waals surface area contributed by atoms with Crippen LogP contribution in [0.4, 0.5) is 0 Å². The van der Waals surface area contributed by atoms with Gasteiger partial charge in [0.05, 0.1) is 6.42 Å². The van der Waals surface area contributed by atoms with E-state index in [0.717, 1.165) is 12.0 Å². The molecule has 0 unspecified atom stereocenters. The van der Waals surface area contributed by atoms with E-state index >= 15 is 0 Å². The Morgan fingerprint density at radius 3 is 2.46 bits per heavy atom. The summed E-state index contributed by atoms with van der Waals surface area (Å²) >= 11 is 0. The standard InChI is InChI=1S/C10H15NO2/c1-6(2)4-7(3)8-5-9(12)11-10(8)13/h6H,4-5H2,1-3H3,(H,11,12,13). The Morgan fingerprint density at radius 2 is 2.08 bits per heavy atom. The third kappa shape index (κ3) is 2.41. The summed E-state index contributed by atoms with van der Waals surface area (Å²) in [5.74, 6) is 0.141. The van der Waals surface area contributed by atoms with Crippen LogP contribution in [0.15, 0.2) is 11.1 Å². The maximum Gasteiger partial charge on any atom is 0.254 e. The molecule has 0 saturated carbocycles. The summed E-state index contributed by atoms with van der Waals surface area (Å²) in [5.41, 5.74) is 1.71. The number of carbonyl (C=O) groups is 2. The molecule has 3 heteroatoms. The van der Waals surface area contributed by atoms with Gasteiger partial charge in [0.15, 0.2) is 0 Å². The zero-order valence-electron chi connectivity index (χ0n) is 8.31. The maximum atomic E-state index is 11.2. The Kier molecular flexibility index (Phi) is 2.86. The second kappa shape index (κ2) is 3.73. The lowest BCUT2D eigenvalue weighted by molar-refractivity contribution is -0.124. The van der Waals surface area contributed by atoms with Gasteiger partial charge >= 0.3 is 0 Å². The van der Waals surface area contributed by atoms with Crippen molar-refractivity contribution in [2.45, 2.75) is 33.6 Å². The molecule has 72 valence electrons. The lowest BCUT2D eigenvalue weighted by Crippen LogP contribution is -2.19. The van der Waals surface area contributed by atoms with E-state index in [9.17, 15) is 9.59 Å². The summed E-state index contributed by atoms with van der Waals surface area (Å²) in [6.45, 7) is 6.12. The van der Waals surface area contributed by atoms with Crippen LogP contribution in [0.2, 0.25) is 0 Å². The molecule has 3 nitrogen and oxygen atoms in total. The minimum absolute atomic E-state index is 0.178. The van der Waals surface area contributed by atoms with Crippen molar-refractivity contribution in [3.8, 4) is 0 Å². The van der Waals surface area contributed by atoms with E-state index in [0.29, 0.717) is 11.5 Å². The molecule has 2 amide bonds. The van der Waals surface area contributed by atoms with Gasteiger partial charge in [0.1, 0.15) is 0 Å². The van der Waals surface area contributed by atoms with Gasteiger partial charge in [-0.25, -0.2) is 0 Å². The smallest absolute Gasteiger partial charge is 0.254 e. The summed E-state index contributed by atoms with van der Waals surface area (Å²) in [4.78, 5) is 22.1. The highest BCUT2D eigenvalue weighted by Crippen LogP contribution is 2.20. The quantitative estimate of drug-likeness (QED) is 0.517. The minimum Gasteiger partial charge on any atom is -0.292 e. The molecule has 0 spiro atoms. The van der Waals surface area contributed by atoms with E-state index in [1.54, 1.807) is 0 Å². The summed E-state index contributed by atoms with van der Waals surface area (Å²) in [6, 6.07) is 0. The molecule has 0 bridgehead atoms. The first kappa shape index (κ1) is 9.96. The summed E-state index contributed by atoms with van der Waals surface area (Å²) in [5, 5.41) is 2.29. The number of imide groups is 1. The van der Waals surface area contributed by atoms with Gasteiger partial charge < -0.3 is 0 Å². The molecular weight excluding hydrogens is 166 g/mol. The number of hydrogen-bond donors (Lipinski definition) is 1. The number of amides is 2. The fourth-order valence-corrected chi connectivity index (χ4v) is 1.57. The van der Waals surface area contributed by atoms with E-state index in [1.807, 2.05) is 6.92 Å². The van der Waals surface area contributed by atoms with Gasteiger partial charge in [-0.1, -0.05) is 19.4 Å². The Balaban J connectivity index is 2.79. The van der Waals surface area contributed by atoms with E-state index in [-0.39, 0.29) is 18.2 Å². The summed E-state index contributed by atoms with van der Waals surface area (Å²) in [7, 11) is 0. The van der Waals surface area contributed by atoms with Crippen molar-refractivity contribution < 1.29 is 9.59 Å². The van der Waals surface area contributed by atoms with Gasteiger partial charge in [-0.15, -0.1) is 0 Å². The predicted octanol–water partition coefficient (Wildman–Crippen LogP) is 1.40. The van der Waals surface area contributed by atoms with Crippen molar-refractivity contribution in [3.63, 3.8) is 0 Å². The lowest BCUT2D eigenvalue weighted by atomic mass is 9.99. The summed E-state index contributed by atoms with van der Waals surface area (Å²) < 4.78 is 0. The Bertz CT molecular complexity index is 277. The molecular formula is C10H15NO2. The van der Waals surface area contributed by atoms with Gasteiger partial charge in [-0.05, 0) is 19.3 Å². The van der Waals surface area contributed by atoms with Crippen molar-refractivity contribution in [1.29, 1.82) is 0 Å². The van der Waals surface area contributed by atoms with Gasteiger partial charge in [-0.3, -0.25) is 14.9 Å². The zero-order chi connectivity index (χ0) is 10.0. The van der Waals surface area contributed by atoms with E-state index in [1.165, 1.54) is 0 Å². The van der Waals surface area contributed by atoms with Crippen LogP contribution in [0.25, 0.3) is 0 Å². The topological polar surface area (TPSA) is 46.2 Å². The molecule has 1 N–H and O–H groups in total. The van der Waals surface area contributed by atoms with Gasteiger partial charge in [0.25, 0.3) is 5.91 Å².